The lowest BCUT2D eigenvalue weighted by molar-refractivity contribution is 0.281. The zero-order valence-corrected chi connectivity index (χ0v) is 19.4. The Hall–Kier alpha value is -4.32. The van der Waals surface area contributed by atoms with Gasteiger partial charge in [0.25, 0.3) is 0 Å². The number of hydrogen-bond acceptors (Lipinski definition) is 2. The summed E-state index contributed by atoms with van der Waals surface area (Å²) in [5.74, 6) is -5.10. The van der Waals surface area contributed by atoms with Crippen LogP contribution in [0.15, 0.2) is 128 Å². The SMILES string of the molecule is C=C.C=C(/C=C\C(=C)C(=C)/C(F)=C(/F)C(=C)OC)/C=C/c1ccc(-c2ccc(O)cc2)c(F)c1F. The predicted octanol–water partition coefficient (Wildman–Crippen LogP) is 8.69. The Labute approximate surface area is 203 Å². The molecule has 182 valence electrons. The number of methoxy groups -OCH3 is 1. The van der Waals surface area contributed by atoms with E-state index in [9.17, 15) is 22.7 Å². The average Bonchev–Trinajstić information content (AvgIpc) is 2.88. The van der Waals surface area contributed by atoms with E-state index in [1.165, 1.54) is 60.7 Å². The van der Waals surface area contributed by atoms with Gasteiger partial charge in [-0.25, -0.2) is 13.2 Å². The van der Waals surface area contributed by atoms with Gasteiger partial charge >= 0.3 is 0 Å². The Morgan fingerprint density at radius 1 is 0.829 bits per heavy atom. The fraction of sp³-hybridized carbons (Fsp3) is 0.0345. The number of phenolic OH excluding ortho intramolecular Hbond substituents is 1. The Morgan fingerprint density at radius 3 is 2.00 bits per heavy atom. The molecule has 2 aromatic carbocycles. The molecule has 0 saturated carbocycles. The van der Waals surface area contributed by atoms with Crippen molar-refractivity contribution in [1.29, 1.82) is 0 Å². The van der Waals surface area contributed by atoms with Crippen LogP contribution in [0.5, 0.6) is 5.75 Å². The molecule has 2 rings (SSSR count). The number of allylic oxidation sites excluding steroid dienone is 8. The summed E-state index contributed by atoms with van der Waals surface area (Å²) >= 11 is 0. The molecular formula is C29H26F4O2. The van der Waals surface area contributed by atoms with Crippen molar-refractivity contribution in [3.8, 4) is 16.9 Å². The second-order valence-electron chi connectivity index (χ2n) is 6.88. The summed E-state index contributed by atoms with van der Waals surface area (Å²) in [6.45, 7) is 20.0. The van der Waals surface area contributed by atoms with E-state index in [0.717, 1.165) is 7.11 Å². The van der Waals surface area contributed by atoms with E-state index in [0.29, 0.717) is 11.1 Å². The van der Waals surface area contributed by atoms with E-state index in [2.05, 4.69) is 44.2 Å². The summed E-state index contributed by atoms with van der Waals surface area (Å²) in [6.07, 6.45) is 5.53. The molecule has 0 aliphatic carbocycles. The van der Waals surface area contributed by atoms with Crippen LogP contribution in [-0.2, 0) is 4.74 Å². The Morgan fingerprint density at radius 2 is 1.43 bits per heavy atom. The molecule has 6 heteroatoms. The summed E-state index contributed by atoms with van der Waals surface area (Å²) in [4.78, 5) is 0. The molecule has 0 radical (unpaired) electrons. The van der Waals surface area contributed by atoms with Crippen LogP contribution in [0.4, 0.5) is 17.6 Å². The summed E-state index contributed by atoms with van der Waals surface area (Å²) in [5.41, 5.74) is 0.571. The molecule has 2 nitrogen and oxygen atoms in total. The molecule has 2 aromatic rings. The molecule has 35 heavy (non-hydrogen) atoms. The van der Waals surface area contributed by atoms with Crippen molar-refractivity contribution in [3.05, 3.63) is 145 Å². The van der Waals surface area contributed by atoms with Crippen LogP contribution in [0.2, 0.25) is 0 Å². The summed E-state index contributed by atoms with van der Waals surface area (Å²) in [7, 11) is 1.15. The van der Waals surface area contributed by atoms with Gasteiger partial charge in [0.05, 0.1) is 7.11 Å². The number of aromatic hydroxyl groups is 1. The normalized spacial score (nSPS) is 11.5. The van der Waals surface area contributed by atoms with Crippen molar-refractivity contribution in [2.45, 2.75) is 0 Å². The molecule has 0 amide bonds. The predicted molar refractivity (Wildman–Crippen MR) is 136 cm³/mol. The van der Waals surface area contributed by atoms with Gasteiger partial charge < -0.3 is 9.84 Å². The molecule has 1 N–H and O–H groups in total. The fourth-order valence-corrected chi connectivity index (χ4v) is 2.60. The van der Waals surface area contributed by atoms with Crippen molar-refractivity contribution < 1.29 is 27.4 Å². The number of ether oxygens (including phenoxy) is 1. The maximum atomic E-state index is 14.5. The highest BCUT2D eigenvalue weighted by Crippen LogP contribution is 2.29. The molecular weight excluding hydrogens is 456 g/mol. The number of rotatable bonds is 9. The van der Waals surface area contributed by atoms with Crippen molar-refractivity contribution in [1.82, 2.24) is 0 Å². The first-order valence-corrected chi connectivity index (χ1v) is 10.1. The van der Waals surface area contributed by atoms with Crippen LogP contribution in [-0.4, -0.2) is 12.2 Å². The van der Waals surface area contributed by atoms with Crippen LogP contribution in [0.25, 0.3) is 17.2 Å². The summed E-state index contributed by atoms with van der Waals surface area (Å²) < 4.78 is 61.4. The Kier molecular flexibility index (Phi) is 11.0. The van der Waals surface area contributed by atoms with Gasteiger partial charge in [-0.2, -0.15) is 4.39 Å². The van der Waals surface area contributed by atoms with Crippen molar-refractivity contribution in [2.24, 2.45) is 0 Å². The second kappa shape index (κ2) is 13.4. The monoisotopic (exact) mass is 482 g/mol. The fourth-order valence-electron chi connectivity index (χ4n) is 2.60. The molecule has 0 aromatic heterocycles. The zero-order chi connectivity index (χ0) is 26.7. The van der Waals surface area contributed by atoms with Crippen molar-refractivity contribution >= 4 is 6.08 Å². The van der Waals surface area contributed by atoms with E-state index in [1.807, 2.05) is 0 Å². The standard InChI is InChI=1S/C27H22F4O2.C2H4/c1-16(6-8-17(2)18(3)24(28)25(29)19(4)33-5)7-9-21-12-15-23(27(31)26(21)30)20-10-13-22(32)14-11-20;1-2/h6-15,32H,1-4H2,5H3;1-2H2/b8-6-,9-7+,25-24-;. The zero-order valence-electron chi connectivity index (χ0n) is 19.4. The smallest absolute Gasteiger partial charge is 0.200 e. The quantitative estimate of drug-likeness (QED) is 0.168. The van der Waals surface area contributed by atoms with E-state index in [1.54, 1.807) is 0 Å². The molecule has 0 atom stereocenters. The highest BCUT2D eigenvalue weighted by molar-refractivity contribution is 5.68. The minimum absolute atomic E-state index is 0.0121. The van der Waals surface area contributed by atoms with E-state index >= 15 is 0 Å². The first-order chi connectivity index (χ1) is 16.6. The summed E-state index contributed by atoms with van der Waals surface area (Å²) in [6, 6.07) is 8.54. The summed E-state index contributed by atoms with van der Waals surface area (Å²) in [5, 5.41) is 9.34. The molecule has 0 saturated heterocycles. The lowest BCUT2D eigenvalue weighted by atomic mass is 10.0. The maximum Gasteiger partial charge on any atom is 0.200 e. The van der Waals surface area contributed by atoms with Gasteiger partial charge in [-0.3, -0.25) is 0 Å². The third-order valence-electron chi connectivity index (χ3n) is 4.60. The number of benzene rings is 2. The number of halogens is 4. The molecule has 0 fully saturated rings. The van der Waals surface area contributed by atoms with E-state index in [-0.39, 0.29) is 28.0 Å². The molecule has 0 unspecified atom stereocenters. The lowest BCUT2D eigenvalue weighted by Crippen LogP contribution is -1.93. The van der Waals surface area contributed by atoms with Crippen LogP contribution in [0.3, 0.4) is 0 Å². The maximum absolute atomic E-state index is 14.5. The van der Waals surface area contributed by atoms with Crippen LogP contribution >= 0.6 is 0 Å². The highest BCUT2D eigenvalue weighted by atomic mass is 19.2. The minimum Gasteiger partial charge on any atom is -0.508 e. The van der Waals surface area contributed by atoms with Gasteiger partial charge in [0.2, 0.25) is 5.83 Å². The lowest BCUT2D eigenvalue weighted by Gasteiger charge is -2.07. The van der Waals surface area contributed by atoms with Crippen LogP contribution < -0.4 is 0 Å². The Balaban J connectivity index is 0.00000298. The minimum atomic E-state index is -1.29. The van der Waals surface area contributed by atoms with Crippen molar-refractivity contribution in [3.63, 3.8) is 0 Å². The first-order valence-electron chi connectivity index (χ1n) is 10.1. The van der Waals surface area contributed by atoms with Gasteiger partial charge in [0, 0.05) is 16.7 Å². The number of hydrogen-bond donors (Lipinski definition) is 1. The van der Waals surface area contributed by atoms with Gasteiger partial charge in [0.1, 0.15) is 11.5 Å². The van der Waals surface area contributed by atoms with E-state index < -0.39 is 29.0 Å². The topological polar surface area (TPSA) is 29.5 Å². The Bertz CT molecular complexity index is 1220. The third kappa shape index (κ3) is 7.61. The number of phenols is 1. The third-order valence-corrected chi connectivity index (χ3v) is 4.60. The van der Waals surface area contributed by atoms with Gasteiger partial charge in [0.15, 0.2) is 17.5 Å². The van der Waals surface area contributed by atoms with E-state index in [4.69, 9.17) is 0 Å². The van der Waals surface area contributed by atoms with Gasteiger partial charge in [-0.15, -0.1) is 13.2 Å². The molecule has 0 bridgehead atoms. The first kappa shape index (κ1) is 28.7. The largest absolute Gasteiger partial charge is 0.508 e. The van der Waals surface area contributed by atoms with Gasteiger partial charge in [-0.05, 0) is 28.8 Å². The van der Waals surface area contributed by atoms with Crippen LogP contribution in [0.1, 0.15) is 5.56 Å². The average molecular weight is 483 g/mol. The van der Waals surface area contributed by atoms with Crippen LogP contribution in [0, 0.1) is 11.6 Å². The highest BCUT2D eigenvalue weighted by Gasteiger charge is 2.15. The molecule has 0 aliphatic rings. The molecule has 0 heterocycles. The molecule has 0 spiro atoms. The van der Waals surface area contributed by atoms with Crippen molar-refractivity contribution in [2.75, 3.05) is 7.11 Å². The van der Waals surface area contributed by atoms with Gasteiger partial charge in [-0.1, -0.05) is 74.9 Å². The second-order valence-corrected chi connectivity index (χ2v) is 6.88. The molecule has 0 aliphatic heterocycles.